The van der Waals surface area contributed by atoms with Gasteiger partial charge in [-0.3, -0.25) is 24.3 Å². The first-order chi connectivity index (χ1) is 30.3. The second-order valence-corrected chi connectivity index (χ2v) is 17.7. The Hall–Kier alpha value is -5.16. The van der Waals surface area contributed by atoms with Crippen molar-refractivity contribution >= 4 is 40.3 Å². The Labute approximate surface area is 376 Å². The average Bonchev–Trinajstić information content (AvgIpc) is 3.53. The Morgan fingerprint density at radius 3 is 2.27 bits per heavy atom. The lowest BCUT2D eigenvalue weighted by atomic mass is 9.78. The number of phenolic OH excluding ortho intramolecular Hbond substituents is 3. The van der Waals surface area contributed by atoms with Crippen molar-refractivity contribution in [1.29, 1.82) is 0 Å². The lowest BCUT2D eigenvalue weighted by molar-refractivity contribution is -0.160. The van der Waals surface area contributed by atoms with E-state index in [1.807, 2.05) is 5.01 Å². The minimum Gasteiger partial charge on any atom is -0.507 e. The van der Waals surface area contributed by atoms with Crippen molar-refractivity contribution in [3.05, 3.63) is 52.8 Å². The molecule has 0 saturated carbocycles. The fourth-order valence-electron chi connectivity index (χ4n) is 8.85. The summed E-state index contributed by atoms with van der Waals surface area (Å²) in [5, 5.41) is 67.5. The number of hydrogen-bond acceptors (Lipinski definition) is 15. The molecule has 1 fully saturated rings. The molecule has 1 amide bonds. The number of nitrogens with one attached hydrogen (secondary N) is 1. The normalized spacial score (nSPS) is 30.5. The number of piperazine rings is 1. The molecule has 4 heterocycles. The fraction of sp³-hybridized carbons (Fsp3) is 0.583. The van der Waals surface area contributed by atoms with E-state index < -0.39 is 88.8 Å². The van der Waals surface area contributed by atoms with Gasteiger partial charge in [0.1, 0.15) is 23.4 Å². The minimum atomic E-state index is -2.05. The van der Waals surface area contributed by atoms with Crippen LogP contribution < -0.4 is 10.1 Å². The van der Waals surface area contributed by atoms with E-state index in [-0.39, 0.29) is 44.5 Å². The topological polar surface area (TPSA) is 220 Å². The minimum absolute atomic E-state index is 0.0607. The van der Waals surface area contributed by atoms with E-state index in [2.05, 4.69) is 22.2 Å². The zero-order valence-corrected chi connectivity index (χ0v) is 38.9. The molecule has 16 nitrogen and oxygen atoms in total. The van der Waals surface area contributed by atoms with Crippen molar-refractivity contribution in [2.45, 2.75) is 118 Å². The highest BCUT2D eigenvalue weighted by atomic mass is 16.7. The molecular formula is C48H68N4O12. The SMILES string of the molecule is CCCCCCN1CCN(/N=C/c2c3c(O)c4c(O)c(C)c5c(c4c2O)C(=O)C(C)(O/C=C/C(OC)C(C)C(OC(C)=O)C(C)C(O)C(C)C(O)C(C)/C=C/C=C(/C)C(=O)N3)O5)CC1. The number of nitrogens with zero attached hydrogens (tertiary/aromatic N) is 3. The maximum absolute atomic E-state index is 14.5. The number of rotatable bonds is 9. The lowest BCUT2D eigenvalue weighted by Crippen LogP contribution is -2.46. The first-order valence-corrected chi connectivity index (χ1v) is 22.4. The number of carbonyl (C=O) groups excluding carboxylic acids is 3. The van der Waals surface area contributed by atoms with Gasteiger partial charge in [0, 0.05) is 87.3 Å². The number of unbranched alkanes of at least 4 members (excludes halogenated alkanes) is 3. The van der Waals surface area contributed by atoms with Gasteiger partial charge in [0.15, 0.2) is 5.75 Å². The molecule has 16 heteroatoms. The first-order valence-electron chi connectivity index (χ1n) is 22.4. The summed E-state index contributed by atoms with van der Waals surface area (Å²) in [7, 11) is 1.44. The van der Waals surface area contributed by atoms with Gasteiger partial charge in [-0.05, 0) is 32.9 Å². The molecule has 2 aromatic carbocycles. The molecule has 0 radical (unpaired) electrons. The number of phenols is 3. The van der Waals surface area contributed by atoms with Crippen LogP contribution in [-0.4, -0.2) is 129 Å². The molecule has 4 aliphatic rings. The van der Waals surface area contributed by atoms with Crippen LogP contribution in [0.25, 0.3) is 10.8 Å². The van der Waals surface area contributed by atoms with E-state index in [0.717, 1.165) is 32.5 Å². The summed E-state index contributed by atoms with van der Waals surface area (Å²) in [6.07, 6.45) is 9.58. The van der Waals surface area contributed by atoms with E-state index in [9.17, 15) is 39.9 Å². The van der Waals surface area contributed by atoms with E-state index in [0.29, 0.717) is 13.1 Å². The number of aliphatic hydroxyl groups excluding tert-OH is 2. The number of methoxy groups -OCH3 is 1. The Morgan fingerprint density at radius 2 is 1.62 bits per heavy atom. The smallest absolute Gasteiger partial charge is 0.312 e. The first kappa shape index (κ1) is 49.8. The Balaban J connectivity index is 1.64. The molecule has 6 rings (SSSR count). The van der Waals surface area contributed by atoms with Gasteiger partial charge in [-0.2, -0.15) is 5.10 Å². The summed E-state index contributed by atoms with van der Waals surface area (Å²) in [5.41, 5.74) is -0.311. The number of aliphatic hydroxyl groups is 2. The van der Waals surface area contributed by atoms with Gasteiger partial charge in [-0.25, -0.2) is 0 Å². The van der Waals surface area contributed by atoms with Crippen LogP contribution in [0.2, 0.25) is 0 Å². The molecule has 1 saturated heterocycles. The van der Waals surface area contributed by atoms with Crippen molar-refractivity contribution in [2.75, 3.05) is 45.2 Å². The van der Waals surface area contributed by atoms with Crippen LogP contribution in [0.5, 0.6) is 23.0 Å². The summed E-state index contributed by atoms with van der Waals surface area (Å²) >= 11 is 0. The number of Topliss-reactive ketones (excluding diaryl/α,β-unsaturated/α-hetero) is 1. The number of allylic oxidation sites excluding steroid dienone is 2. The van der Waals surface area contributed by atoms with E-state index in [1.165, 1.54) is 72.3 Å². The second kappa shape index (κ2) is 21.2. The van der Waals surface area contributed by atoms with Crippen LogP contribution in [0, 0.1) is 30.6 Å². The van der Waals surface area contributed by atoms with Crippen LogP contribution in [-0.2, 0) is 23.8 Å². The number of carbonyl (C=O) groups is 3. The largest absolute Gasteiger partial charge is 0.507 e. The quantitative estimate of drug-likeness (QED) is 0.0536. The Kier molecular flexibility index (Phi) is 16.5. The summed E-state index contributed by atoms with van der Waals surface area (Å²) in [6, 6.07) is 0. The molecule has 0 aromatic heterocycles. The molecule has 2 aromatic rings. The number of benzene rings is 2. The number of hydrazone groups is 1. The predicted molar refractivity (Wildman–Crippen MR) is 244 cm³/mol. The number of esters is 1. The zero-order chi connectivity index (χ0) is 47.2. The highest BCUT2D eigenvalue weighted by Crippen LogP contribution is 2.55. The van der Waals surface area contributed by atoms with Gasteiger partial charge < -0.3 is 49.8 Å². The van der Waals surface area contributed by atoms with Crippen LogP contribution in [0.1, 0.15) is 103 Å². The lowest BCUT2D eigenvalue weighted by Gasteiger charge is -2.38. The summed E-state index contributed by atoms with van der Waals surface area (Å²) in [4.78, 5) is 43.2. The van der Waals surface area contributed by atoms with Gasteiger partial charge in [0.05, 0.1) is 53.0 Å². The van der Waals surface area contributed by atoms with Gasteiger partial charge in [0.2, 0.25) is 0 Å². The van der Waals surface area contributed by atoms with E-state index >= 15 is 0 Å². The third-order valence-corrected chi connectivity index (χ3v) is 13.1. The van der Waals surface area contributed by atoms with Crippen LogP contribution in [0.15, 0.2) is 41.2 Å². The third-order valence-electron chi connectivity index (χ3n) is 13.1. The number of aromatic hydroxyl groups is 3. The van der Waals surface area contributed by atoms with E-state index in [1.54, 1.807) is 39.8 Å². The Bertz CT molecular complexity index is 2160. The monoisotopic (exact) mass is 892 g/mol. The van der Waals surface area contributed by atoms with Gasteiger partial charge in [0.25, 0.3) is 11.7 Å². The van der Waals surface area contributed by atoms with Gasteiger partial charge in [-0.1, -0.05) is 72.1 Å². The van der Waals surface area contributed by atoms with Crippen molar-refractivity contribution in [3.8, 4) is 23.0 Å². The molecule has 64 heavy (non-hydrogen) atoms. The molecular weight excluding hydrogens is 825 g/mol. The predicted octanol–water partition coefficient (Wildman–Crippen LogP) is 6.29. The maximum atomic E-state index is 14.5. The molecule has 0 aliphatic carbocycles. The van der Waals surface area contributed by atoms with Crippen LogP contribution >= 0.6 is 0 Å². The molecule has 6 N–H and O–H groups in total. The molecule has 0 spiro atoms. The summed E-state index contributed by atoms with van der Waals surface area (Å²) in [6.45, 7) is 18.5. The molecule has 352 valence electrons. The summed E-state index contributed by atoms with van der Waals surface area (Å²) in [5.74, 6) is -8.31. The van der Waals surface area contributed by atoms with Crippen LogP contribution in [0.3, 0.4) is 0 Å². The van der Waals surface area contributed by atoms with Gasteiger partial charge >= 0.3 is 11.8 Å². The maximum Gasteiger partial charge on any atom is 0.312 e. The van der Waals surface area contributed by atoms with E-state index in [4.69, 9.17) is 18.9 Å². The molecule has 9 atom stereocenters. The Morgan fingerprint density at radius 1 is 0.938 bits per heavy atom. The van der Waals surface area contributed by atoms with Crippen molar-refractivity contribution in [2.24, 2.45) is 28.8 Å². The standard InChI is InChI=1S/C48H68N4O12/c1-11-12-13-14-19-51-20-22-52(23-21-51)49-25-33-38-43(58)36-35(42(33)57)37-45(31(7)41(36)56)64-48(9,46(37)59)62-24-18-34(61-10)28(4)44(63-32(8)53)30(6)40(55)29(5)39(54)26(2)16-15-17-27(3)47(60)50-38/h15-18,24-26,28-30,34,39-40,44,54-58H,11-14,19-23H2,1-10H3,(H,50,60)/b16-15+,24-18+,27-17-,49-25+. The van der Waals surface area contributed by atoms with Crippen LogP contribution in [0.4, 0.5) is 5.69 Å². The van der Waals surface area contributed by atoms with Gasteiger partial charge in [-0.15, -0.1) is 0 Å². The highest BCUT2D eigenvalue weighted by Gasteiger charge is 2.50. The zero-order valence-electron chi connectivity index (χ0n) is 38.9. The van der Waals surface area contributed by atoms with Crippen molar-refractivity contribution in [3.63, 3.8) is 0 Å². The molecule has 4 aliphatic heterocycles. The number of anilines is 1. The third kappa shape index (κ3) is 10.5. The number of ether oxygens (including phenoxy) is 4. The second-order valence-electron chi connectivity index (χ2n) is 17.7. The van der Waals surface area contributed by atoms with Crippen molar-refractivity contribution < 1.29 is 58.9 Å². The number of fused-ring (bicyclic) bond motifs is 14. The number of ketones is 1. The number of amides is 1. The average molecular weight is 893 g/mol. The molecule has 5 bridgehead atoms. The molecule has 9 unspecified atom stereocenters. The summed E-state index contributed by atoms with van der Waals surface area (Å²) < 4.78 is 23.7. The van der Waals surface area contributed by atoms with Crippen molar-refractivity contribution in [1.82, 2.24) is 9.91 Å². The highest BCUT2D eigenvalue weighted by molar-refractivity contribution is 6.23. The number of hydrogen-bond donors (Lipinski definition) is 6. The fourth-order valence-corrected chi connectivity index (χ4v) is 8.85.